The molecule has 0 saturated heterocycles. The highest BCUT2D eigenvalue weighted by molar-refractivity contribution is 5.90. The van der Waals surface area contributed by atoms with Gasteiger partial charge in [-0.25, -0.2) is 0 Å². The van der Waals surface area contributed by atoms with Crippen molar-refractivity contribution in [2.24, 2.45) is 5.73 Å². The highest BCUT2D eigenvalue weighted by Crippen LogP contribution is 2.25. The molecule has 0 bridgehead atoms. The predicted molar refractivity (Wildman–Crippen MR) is 73.5 cm³/mol. The Hall–Kier alpha value is -2.14. The van der Waals surface area contributed by atoms with Gasteiger partial charge in [0.15, 0.2) is 0 Å². The first-order valence-corrected chi connectivity index (χ1v) is 6.21. The summed E-state index contributed by atoms with van der Waals surface area (Å²) in [5, 5.41) is 6.82. The molecule has 0 saturated carbocycles. The molecule has 3 N–H and O–H groups in total. The van der Waals surface area contributed by atoms with Crippen LogP contribution in [0.15, 0.2) is 28.8 Å². The van der Waals surface area contributed by atoms with E-state index in [1.807, 2.05) is 38.1 Å². The minimum atomic E-state index is -0.00678. The van der Waals surface area contributed by atoms with E-state index < -0.39 is 0 Å². The molecule has 2 aromatic rings. The summed E-state index contributed by atoms with van der Waals surface area (Å²) in [4.78, 5) is 11.3. The summed E-state index contributed by atoms with van der Waals surface area (Å²) in [6.45, 7) is 4.04. The van der Waals surface area contributed by atoms with Crippen molar-refractivity contribution in [3.8, 4) is 11.3 Å². The molecule has 0 aliphatic heterocycles. The molecule has 5 heteroatoms. The summed E-state index contributed by atoms with van der Waals surface area (Å²) in [6.07, 6.45) is 0.460. The lowest BCUT2D eigenvalue weighted by Gasteiger charge is -2.04. The van der Waals surface area contributed by atoms with Gasteiger partial charge in [-0.05, 0) is 19.1 Å². The average molecular weight is 259 g/mol. The highest BCUT2D eigenvalue weighted by Gasteiger charge is 2.13. The van der Waals surface area contributed by atoms with Crippen molar-refractivity contribution in [2.75, 3.05) is 5.32 Å². The molecule has 1 aromatic carbocycles. The van der Waals surface area contributed by atoms with E-state index in [1.54, 1.807) is 0 Å². The summed E-state index contributed by atoms with van der Waals surface area (Å²) in [7, 11) is 0. The van der Waals surface area contributed by atoms with Crippen molar-refractivity contribution < 1.29 is 9.32 Å². The van der Waals surface area contributed by atoms with E-state index in [9.17, 15) is 4.79 Å². The molecule has 1 heterocycles. The van der Waals surface area contributed by atoms with Crippen LogP contribution in [-0.4, -0.2) is 11.1 Å². The smallest absolute Gasteiger partial charge is 0.224 e. The Kier molecular flexibility index (Phi) is 3.97. The highest BCUT2D eigenvalue weighted by atomic mass is 16.5. The second-order valence-electron chi connectivity index (χ2n) is 4.25. The molecule has 1 aromatic heterocycles. The monoisotopic (exact) mass is 259 g/mol. The molecular weight excluding hydrogens is 242 g/mol. The van der Waals surface area contributed by atoms with Gasteiger partial charge in [0.2, 0.25) is 5.91 Å². The molecule has 5 nitrogen and oxygen atoms in total. The Morgan fingerprint density at radius 1 is 1.37 bits per heavy atom. The number of carbonyl (C=O) groups excluding carboxylic acids is 1. The number of anilines is 1. The van der Waals surface area contributed by atoms with E-state index >= 15 is 0 Å². The van der Waals surface area contributed by atoms with Crippen molar-refractivity contribution in [2.45, 2.75) is 26.8 Å². The van der Waals surface area contributed by atoms with E-state index in [0.717, 1.165) is 28.3 Å². The number of rotatable bonds is 4. The lowest BCUT2D eigenvalue weighted by atomic mass is 10.1. The molecule has 0 unspecified atom stereocenters. The van der Waals surface area contributed by atoms with Crippen LogP contribution in [0.4, 0.5) is 5.69 Å². The second-order valence-corrected chi connectivity index (χ2v) is 4.25. The van der Waals surface area contributed by atoms with E-state index in [-0.39, 0.29) is 5.91 Å². The Labute approximate surface area is 111 Å². The topological polar surface area (TPSA) is 81.2 Å². The summed E-state index contributed by atoms with van der Waals surface area (Å²) < 4.78 is 5.15. The van der Waals surface area contributed by atoms with Gasteiger partial charge in [-0.3, -0.25) is 4.79 Å². The molecule has 0 aliphatic carbocycles. The first-order valence-electron chi connectivity index (χ1n) is 6.21. The maximum absolute atomic E-state index is 11.3. The van der Waals surface area contributed by atoms with E-state index in [0.29, 0.717) is 13.0 Å². The summed E-state index contributed by atoms with van der Waals surface area (Å²) >= 11 is 0. The lowest BCUT2D eigenvalue weighted by molar-refractivity contribution is -0.115. The number of nitrogens with two attached hydrogens (primary N) is 1. The van der Waals surface area contributed by atoms with Gasteiger partial charge in [0.25, 0.3) is 0 Å². The quantitative estimate of drug-likeness (QED) is 0.883. The van der Waals surface area contributed by atoms with E-state index in [1.165, 1.54) is 0 Å². The van der Waals surface area contributed by atoms with E-state index in [2.05, 4.69) is 10.5 Å². The van der Waals surface area contributed by atoms with Crippen molar-refractivity contribution >= 4 is 11.6 Å². The molecule has 0 aliphatic rings. The maximum Gasteiger partial charge on any atom is 0.224 e. The fourth-order valence-electron chi connectivity index (χ4n) is 1.82. The maximum atomic E-state index is 11.3. The van der Waals surface area contributed by atoms with Gasteiger partial charge in [-0.2, -0.15) is 0 Å². The van der Waals surface area contributed by atoms with Crippen LogP contribution in [0.1, 0.15) is 24.7 Å². The van der Waals surface area contributed by atoms with Crippen LogP contribution in [0.25, 0.3) is 11.3 Å². The lowest BCUT2D eigenvalue weighted by Crippen LogP contribution is -2.09. The van der Waals surface area contributed by atoms with Crippen LogP contribution < -0.4 is 11.1 Å². The van der Waals surface area contributed by atoms with Gasteiger partial charge < -0.3 is 15.6 Å². The predicted octanol–water partition coefficient (Wildman–Crippen LogP) is 2.46. The van der Waals surface area contributed by atoms with Gasteiger partial charge in [0.05, 0.1) is 0 Å². The zero-order valence-electron chi connectivity index (χ0n) is 11.1. The van der Waals surface area contributed by atoms with Crippen molar-refractivity contribution in [1.29, 1.82) is 0 Å². The zero-order valence-corrected chi connectivity index (χ0v) is 11.1. The number of amides is 1. The van der Waals surface area contributed by atoms with Gasteiger partial charge in [0.1, 0.15) is 11.5 Å². The molecule has 1 amide bonds. The third-order valence-corrected chi connectivity index (χ3v) is 2.95. The number of hydrogen-bond donors (Lipinski definition) is 2. The van der Waals surface area contributed by atoms with Gasteiger partial charge in [-0.1, -0.05) is 24.2 Å². The van der Waals surface area contributed by atoms with Gasteiger partial charge in [0, 0.05) is 29.8 Å². The van der Waals surface area contributed by atoms with Crippen LogP contribution in [0.5, 0.6) is 0 Å². The van der Waals surface area contributed by atoms with Crippen LogP contribution in [0.2, 0.25) is 0 Å². The number of nitrogens with one attached hydrogen (secondary N) is 1. The Morgan fingerprint density at radius 3 is 2.63 bits per heavy atom. The minimum Gasteiger partial charge on any atom is -0.361 e. The van der Waals surface area contributed by atoms with Gasteiger partial charge >= 0.3 is 0 Å². The van der Waals surface area contributed by atoms with Crippen LogP contribution in [0.3, 0.4) is 0 Å². The molecule has 0 atom stereocenters. The molecule has 0 spiro atoms. The van der Waals surface area contributed by atoms with Crippen LogP contribution >= 0.6 is 0 Å². The number of aromatic nitrogens is 1. The number of aryl methyl sites for hydroxylation is 1. The largest absolute Gasteiger partial charge is 0.361 e. The number of benzene rings is 1. The second kappa shape index (κ2) is 5.67. The minimum absolute atomic E-state index is 0.00678. The molecule has 0 radical (unpaired) electrons. The SMILES string of the molecule is CCC(=O)Nc1ccc(-c2noc(C)c2CN)cc1. The third kappa shape index (κ3) is 2.82. The third-order valence-electron chi connectivity index (χ3n) is 2.95. The first kappa shape index (κ1) is 13.3. The Morgan fingerprint density at radius 2 is 2.05 bits per heavy atom. The van der Waals surface area contributed by atoms with Crippen molar-refractivity contribution in [3.05, 3.63) is 35.6 Å². The summed E-state index contributed by atoms with van der Waals surface area (Å²) in [6, 6.07) is 7.46. The molecule has 2 rings (SSSR count). The van der Waals surface area contributed by atoms with Gasteiger partial charge in [-0.15, -0.1) is 0 Å². The van der Waals surface area contributed by atoms with Crippen LogP contribution in [0, 0.1) is 6.92 Å². The van der Waals surface area contributed by atoms with Crippen molar-refractivity contribution in [3.63, 3.8) is 0 Å². The number of nitrogens with zero attached hydrogens (tertiary/aromatic N) is 1. The van der Waals surface area contributed by atoms with E-state index in [4.69, 9.17) is 10.3 Å². The molecule has 100 valence electrons. The fraction of sp³-hybridized carbons (Fsp3) is 0.286. The Bertz CT molecular complexity index is 573. The number of carbonyl (C=O) groups is 1. The number of hydrogen-bond acceptors (Lipinski definition) is 4. The first-order chi connectivity index (χ1) is 9.15. The van der Waals surface area contributed by atoms with Crippen LogP contribution in [-0.2, 0) is 11.3 Å². The molecular formula is C14H17N3O2. The standard InChI is InChI=1S/C14H17N3O2/c1-3-13(18)16-11-6-4-10(5-7-11)14-12(8-15)9(2)19-17-14/h4-7H,3,8,15H2,1-2H3,(H,16,18). The summed E-state index contributed by atoms with van der Waals surface area (Å²) in [5.41, 5.74) is 9.05. The summed E-state index contributed by atoms with van der Waals surface area (Å²) in [5.74, 6) is 0.730. The van der Waals surface area contributed by atoms with Crippen molar-refractivity contribution in [1.82, 2.24) is 5.16 Å². The zero-order chi connectivity index (χ0) is 13.8. The Balaban J connectivity index is 2.25. The normalized spacial score (nSPS) is 10.5. The average Bonchev–Trinajstić information content (AvgIpc) is 2.80. The molecule has 0 fully saturated rings. The fourth-order valence-corrected chi connectivity index (χ4v) is 1.82. The molecule has 19 heavy (non-hydrogen) atoms.